The molecule has 1 aromatic rings. The van der Waals surface area contributed by atoms with Crippen LogP contribution in [0.3, 0.4) is 0 Å². The van der Waals surface area contributed by atoms with E-state index < -0.39 is 15.9 Å². The summed E-state index contributed by atoms with van der Waals surface area (Å²) in [6.07, 6.45) is 3.02. The van der Waals surface area contributed by atoms with E-state index in [4.69, 9.17) is 4.74 Å². The summed E-state index contributed by atoms with van der Waals surface area (Å²) in [5.41, 5.74) is 0.429. The lowest BCUT2D eigenvalue weighted by Crippen LogP contribution is -2.53. The monoisotopic (exact) mass is 367 g/mol. The van der Waals surface area contributed by atoms with E-state index in [2.05, 4.69) is 0 Å². The van der Waals surface area contributed by atoms with E-state index in [9.17, 15) is 18.3 Å². The lowest BCUT2D eigenvalue weighted by molar-refractivity contribution is -0.141. The highest BCUT2D eigenvalue weighted by Gasteiger charge is 2.41. The largest absolute Gasteiger partial charge is 0.391 e. The van der Waals surface area contributed by atoms with E-state index in [1.807, 2.05) is 0 Å². The Hall–Kier alpha value is -1.44. The highest BCUT2D eigenvalue weighted by atomic mass is 32.2. The summed E-state index contributed by atoms with van der Waals surface area (Å²) < 4.78 is 29.3. The predicted molar refractivity (Wildman–Crippen MR) is 92.9 cm³/mol. The third kappa shape index (κ3) is 4.22. The highest BCUT2D eigenvalue weighted by Crippen LogP contribution is 2.39. The van der Waals surface area contributed by atoms with Gasteiger partial charge in [0.15, 0.2) is 9.84 Å². The molecule has 1 aromatic carbocycles. The number of sulfone groups is 1. The van der Waals surface area contributed by atoms with Crippen LogP contribution in [0.5, 0.6) is 0 Å². The second-order valence-corrected chi connectivity index (χ2v) is 9.29. The van der Waals surface area contributed by atoms with Crippen LogP contribution >= 0.6 is 0 Å². The summed E-state index contributed by atoms with van der Waals surface area (Å²) >= 11 is 0. The Morgan fingerprint density at radius 1 is 1.32 bits per heavy atom. The molecular formula is C18H25NO5S. The fourth-order valence-electron chi connectivity index (χ4n) is 4.00. The minimum atomic E-state index is -3.38. The van der Waals surface area contributed by atoms with Crippen molar-refractivity contribution in [3.8, 4) is 0 Å². The van der Waals surface area contributed by atoms with Gasteiger partial charge in [0.25, 0.3) is 0 Å². The Kier molecular flexibility index (Phi) is 5.18. The van der Waals surface area contributed by atoms with Crippen molar-refractivity contribution < 1.29 is 23.1 Å². The summed E-state index contributed by atoms with van der Waals surface area (Å²) in [6, 6.07) is 6.61. The quantitative estimate of drug-likeness (QED) is 0.862. The fraction of sp³-hybridized carbons (Fsp3) is 0.611. The minimum absolute atomic E-state index is 0.0303. The Labute approximate surface area is 148 Å². The lowest BCUT2D eigenvalue weighted by Gasteiger charge is -2.47. The molecule has 0 radical (unpaired) electrons. The van der Waals surface area contributed by atoms with Gasteiger partial charge in [-0.2, -0.15) is 0 Å². The Morgan fingerprint density at radius 3 is 2.68 bits per heavy atom. The van der Waals surface area contributed by atoms with Crippen LogP contribution in [0.1, 0.15) is 24.8 Å². The molecule has 0 aromatic heterocycles. The molecule has 2 fully saturated rings. The normalized spacial score (nSPS) is 23.6. The van der Waals surface area contributed by atoms with E-state index in [1.165, 1.54) is 6.07 Å². The average molecular weight is 367 g/mol. The summed E-state index contributed by atoms with van der Waals surface area (Å²) in [4.78, 5) is 14.7. The van der Waals surface area contributed by atoms with E-state index in [0.717, 1.165) is 19.1 Å². The van der Waals surface area contributed by atoms with Gasteiger partial charge in [0.2, 0.25) is 5.91 Å². The Balaban J connectivity index is 1.77. The first-order chi connectivity index (χ1) is 11.8. The van der Waals surface area contributed by atoms with Crippen molar-refractivity contribution in [1.82, 2.24) is 4.90 Å². The standard InChI is InChI=1S/C18H25NO5S/c1-25(22,23)16-5-3-2-4-14(16)10-17(21)19-12-15(20)11-18(13-19)6-8-24-9-7-18/h2-5,15,20H,6-13H2,1H3. The molecule has 1 atom stereocenters. The summed E-state index contributed by atoms with van der Waals surface area (Å²) in [6.45, 7) is 2.23. The number of β-amino-alcohol motifs (C(OH)–C–C–N with tert-alkyl or cyclic N) is 1. The molecule has 2 saturated heterocycles. The molecule has 25 heavy (non-hydrogen) atoms. The first-order valence-electron chi connectivity index (χ1n) is 8.61. The first kappa shape index (κ1) is 18.4. The molecule has 2 heterocycles. The smallest absolute Gasteiger partial charge is 0.227 e. The molecule has 2 aliphatic rings. The number of rotatable bonds is 3. The topological polar surface area (TPSA) is 83.9 Å². The number of carbonyl (C=O) groups excluding carboxylic acids is 1. The van der Waals surface area contributed by atoms with Gasteiger partial charge in [-0.1, -0.05) is 18.2 Å². The number of benzene rings is 1. The van der Waals surface area contributed by atoms with Crippen molar-refractivity contribution >= 4 is 15.7 Å². The SMILES string of the molecule is CS(=O)(=O)c1ccccc1CC(=O)N1CC(O)CC2(CCOCC2)C1. The molecule has 1 unspecified atom stereocenters. The maximum absolute atomic E-state index is 12.8. The number of carbonyl (C=O) groups is 1. The van der Waals surface area contributed by atoms with Gasteiger partial charge in [-0.25, -0.2) is 8.42 Å². The fourth-order valence-corrected chi connectivity index (χ4v) is 4.94. The van der Waals surface area contributed by atoms with Crippen LogP contribution in [-0.2, 0) is 25.8 Å². The van der Waals surface area contributed by atoms with Crippen molar-refractivity contribution in [3.63, 3.8) is 0 Å². The zero-order valence-corrected chi connectivity index (χ0v) is 15.3. The number of hydrogen-bond acceptors (Lipinski definition) is 5. The van der Waals surface area contributed by atoms with Crippen molar-refractivity contribution in [2.45, 2.75) is 36.7 Å². The number of piperidine rings is 1. The third-order valence-corrected chi connectivity index (χ3v) is 6.44. The number of nitrogens with zero attached hydrogens (tertiary/aromatic N) is 1. The molecule has 138 valence electrons. The molecule has 3 rings (SSSR count). The number of hydrogen-bond donors (Lipinski definition) is 1. The van der Waals surface area contributed by atoms with Crippen molar-refractivity contribution in [2.24, 2.45) is 5.41 Å². The first-order valence-corrected chi connectivity index (χ1v) is 10.5. The van der Waals surface area contributed by atoms with Crippen LogP contribution in [-0.4, -0.2) is 63.0 Å². The van der Waals surface area contributed by atoms with Crippen LogP contribution in [0.25, 0.3) is 0 Å². The van der Waals surface area contributed by atoms with Gasteiger partial charge < -0.3 is 14.7 Å². The van der Waals surface area contributed by atoms with Gasteiger partial charge in [0, 0.05) is 32.6 Å². The van der Waals surface area contributed by atoms with Crippen LogP contribution in [0.15, 0.2) is 29.2 Å². The molecule has 0 bridgehead atoms. The molecular weight excluding hydrogens is 342 g/mol. The number of aliphatic hydroxyl groups excluding tert-OH is 1. The molecule has 6 nitrogen and oxygen atoms in total. The van der Waals surface area contributed by atoms with Crippen molar-refractivity contribution in [3.05, 3.63) is 29.8 Å². The highest BCUT2D eigenvalue weighted by molar-refractivity contribution is 7.90. The molecule has 1 N–H and O–H groups in total. The Bertz CT molecular complexity index is 740. The number of likely N-dealkylation sites (tertiary alicyclic amines) is 1. The maximum atomic E-state index is 12.8. The van der Waals surface area contributed by atoms with Gasteiger partial charge in [0.1, 0.15) is 0 Å². The van der Waals surface area contributed by atoms with Crippen LogP contribution in [0.2, 0.25) is 0 Å². The Morgan fingerprint density at radius 2 is 2.00 bits per heavy atom. The lowest BCUT2D eigenvalue weighted by atomic mass is 9.73. The summed E-state index contributed by atoms with van der Waals surface area (Å²) in [7, 11) is -3.38. The van der Waals surface area contributed by atoms with Crippen LogP contribution < -0.4 is 0 Å². The second kappa shape index (κ2) is 7.05. The van der Waals surface area contributed by atoms with Gasteiger partial charge in [-0.05, 0) is 36.3 Å². The number of aliphatic hydroxyl groups is 1. The van der Waals surface area contributed by atoms with E-state index in [1.54, 1.807) is 23.1 Å². The summed E-state index contributed by atoms with van der Waals surface area (Å²) in [5.74, 6) is -0.138. The minimum Gasteiger partial charge on any atom is -0.391 e. The molecule has 1 spiro atoms. The van der Waals surface area contributed by atoms with Crippen molar-refractivity contribution in [2.75, 3.05) is 32.6 Å². The van der Waals surface area contributed by atoms with Crippen LogP contribution in [0, 0.1) is 5.41 Å². The van der Waals surface area contributed by atoms with Gasteiger partial charge in [-0.15, -0.1) is 0 Å². The van der Waals surface area contributed by atoms with E-state index in [0.29, 0.717) is 38.3 Å². The average Bonchev–Trinajstić information content (AvgIpc) is 2.54. The van der Waals surface area contributed by atoms with Crippen LogP contribution in [0.4, 0.5) is 0 Å². The molecule has 7 heteroatoms. The number of amides is 1. The van der Waals surface area contributed by atoms with E-state index >= 15 is 0 Å². The van der Waals surface area contributed by atoms with Gasteiger partial charge >= 0.3 is 0 Å². The van der Waals surface area contributed by atoms with E-state index in [-0.39, 0.29) is 22.6 Å². The molecule has 0 aliphatic carbocycles. The van der Waals surface area contributed by atoms with Gasteiger partial charge in [-0.3, -0.25) is 4.79 Å². The predicted octanol–water partition coefficient (Wildman–Crippen LogP) is 1.02. The van der Waals surface area contributed by atoms with Crippen molar-refractivity contribution in [1.29, 1.82) is 0 Å². The summed E-state index contributed by atoms with van der Waals surface area (Å²) in [5, 5.41) is 10.3. The second-order valence-electron chi connectivity index (χ2n) is 7.30. The maximum Gasteiger partial charge on any atom is 0.227 e. The molecule has 2 aliphatic heterocycles. The van der Waals surface area contributed by atoms with Gasteiger partial charge in [0.05, 0.1) is 17.4 Å². The third-order valence-electron chi connectivity index (χ3n) is 5.25. The molecule has 0 saturated carbocycles. The zero-order chi connectivity index (χ0) is 18.1. The number of ether oxygens (including phenoxy) is 1. The molecule has 1 amide bonds. The zero-order valence-electron chi connectivity index (χ0n) is 14.5.